The van der Waals surface area contributed by atoms with Crippen LogP contribution < -0.4 is 21.3 Å². The summed E-state index contributed by atoms with van der Waals surface area (Å²) in [5.41, 5.74) is 5.55. The molecule has 3 aliphatic rings. The zero-order valence-corrected chi connectivity index (χ0v) is 38.2. The highest BCUT2D eigenvalue weighted by Gasteiger charge is 2.47. The van der Waals surface area contributed by atoms with Gasteiger partial charge in [-0.25, -0.2) is 14.6 Å². The van der Waals surface area contributed by atoms with Crippen molar-refractivity contribution in [3.8, 4) is 33.5 Å². The lowest BCUT2D eigenvalue weighted by Gasteiger charge is -2.32. The molecule has 1 aliphatic carbocycles. The number of alkyl carbamates (subject to hydrolysis) is 2. The number of aromatic nitrogens is 2. The van der Waals surface area contributed by atoms with E-state index in [1.807, 2.05) is 82.3 Å². The molecule has 5 aromatic rings. The van der Waals surface area contributed by atoms with E-state index < -0.39 is 41.6 Å². The van der Waals surface area contributed by atoms with E-state index in [0.717, 1.165) is 47.7 Å². The molecule has 0 bridgehead atoms. The molecule has 0 saturated carbocycles. The van der Waals surface area contributed by atoms with Gasteiger partial charge in [0.1, 0.15) is 29.8 Å². The average Bonchev–Trinajstić information content (AvgIpc) is 4.11. The maximum Gasteiger partial charge on any atom is 0.407 e. The van der Waals surface area contributed by atoms with Crippen LogP contribution in [0.25, 0.3) is 33.5 Å². The molecule has 4 atom stereocenters. The number of amides is 3. The number of benzene rings is 4. The van der Waals surface area contributed by atoms with Crippen LogP contribution in [0.2, 0.25) is 0 Å². The van der Waals surface area contributed by atoms with Crippen molar-refractivity contribution in [1.82, 2.24) is 30.8 Å². The highest BCUT2D eigenvalue weighted by atomic mass is 19.3. The number of quaternary nitrogens is 1. The summed E-state index contributed by atoms with van der Waals surface area (Å²) in [6.07, 6.45) is 2.18. The molecule has 1 aromatic heterocycles. The zero-order chi connectivity index (χ0) is 46.9. The van der Waals surface area contributed by atoms with Crippen LogP contribution in [-0.2, 0) is 24.9 Å². The van der Waals surface area contributed by atoms with Crippen molar-refractivity contribution in [2.45, 2.75) is 77.0 Å². The van der Waals surface area contributed by atoms with E-state index in [1.165, 1.54) is 20.3 Å². The highest BCUT2D eigenvalue weighted by Crippen LogP contribution is 2.53. The first-order valence-electron chi connectivity index (χ1n) is 22.3. The Balaban J connectivity index is 0.952. The molecular formula is C50H57F2N8O6+. The lowest BCUT2D eigenvalue weighted by atomic mass is 9.97. The van der Waals surface area contributed by atoms with Crippen LogP contribution >= 0.6 is 0 Å². The van der Waals surface area contributed by atoms with Gasteiger partial charge in [-0.1, -0.05) is 88.4 Å². The fraction of sp³-hybridized carbons (Fsp3) is 0.380. The van der Waals surface area contributed by atoms with Gasteiger partial charge >= 0.3 is 12.2 Å². The Hall–Kier alpha value is -6.49. The number of amidine groups is 1. The first-order chi connectivity index (χ1) is 31.6. The summed E-state index contributed by atoms with van der Waals surface area (Å²) in [6.45, 7) is 11.1. The van der Waals surface area contributed by atoms with Crippen molar-refractivity contribution in [2.75, 3.05) is 34.1 Å². The van der Waals surface area contributed by atoms with Gasteiger partial charge in [-0.3, -0.25) is 15.0 Å². The van der Waals surface area contributed by atoms with Crippen LogP contribution in [0.3, 0.4) is 0 Å². The molecule has 0 radical (unpaired) electrons. The molecule has 66 heavy (non-hydrogen) atoms. The molecule has 346 valence electrons. The number of hydrogen-bond donors (Lipinski definition) is 5. The fourth-order valence-electron chi connectivity index (χ4n) is 9.17. The van der Waals surface area contributed by atoms with Crippen molar-refractivity contribution >= 4 is 35.3 Å². The van der Waals surface area contributed by atoms with Crippen molar-refractivity contribution in [3.05, 3.63) is 114 Å². The van der Waals surface area contributed by atoms with E-state index >= 15 is 8.78 Å². The Morgan fingerprint density at radius 3 is 2.17 bits per heavy atom. The molecule has 1 fully saturated rings. The predicted molar refractivity (Wildman–Crippen MR) is 246 cm³/mol. The average molecular weight is 904 g/mol. The van der Waals surface area contributed by atoms with Crippen molar-refractivity contribution in [2.24, 2.45) is 16.8 Å². The number of H-pyrrole nitrogens is 1. The van der Waals surface area contributed by atoms with Crippen molar-refractivity contribution in [1.29, 1.82) is 0 Å². The molecule has 6 N–H and O–H groups in total. The number of hydrogen-bond acceptors (Lipinski definition) is 9. The quantitative estimate of drug-likeness (QED) is 0.0653. The minimum atomic E-state index is -3.27. The summed E-state index contributed by atoms with van der Waals surface area (Å²) in [4.78, 5) is 52.5. The van der Waals surface area contributed by atoms with E-state index in [4.69, 9.17) is 19.2 Å². The summed E-state index contributed by atoms with van der Waals surface area (Å²) >= 11 is 0. The number of nitrogens with zero attached hydrogens (tertiary/aromatic N) is 3. The van der Waals surface area contributed by atoms with E-state index in [-0.39, 0.29) is 35.6 Å². The number of nitrogens with one attached hydrogen (secondary N) is 4. The fourth-order valence-corrected chi connectivity index (χ4v) is 9.17. The van der Waals surface area contributed by atoms with Gasteiger partial charge in [-0.2, -0.15) is 13.8 Å². The number of fused-ring (bicyclic) bond motifs is 4. The lowest BCUT2D eigenvalue weighted by molar-refractivity contribution is -0.447. The van der Waals surface area contributed by atoms with Crippen LogP contribution in [0.1, 0.15) is 82.1 Å². The second-order valence-corrected chi connectivity index (χ2v) is 18.0. The van der Waals surface area contributed by atoms with Gasteiger partial charge in [0.25, 0.3) is 5.92 Å². The number of imidazole rings is 1. The van der Waals surface area contributed by atoms with Gasteiger partial charge < -0.3 is 35.1 Å². The van der Waals surface area contributed by atoms with Gasteiger partial charge in [0, 0.05) is 29.3 Å². The third-order valence-corrected chi connectivity index (χ3v) is 13.0. The summed E-state index contributed by atoms with van der Waals surface area (Å²) in [6, 6.07) is 24.0. The number of aromatic amines is 1. The summed E-state index contributed by atoms with van der Waals surface area (Å²) in [5.74, 6) is -2.61. The Morgan fingerprint density at radius 2 is 1.48 bits per heavy atom. The number of carbonyl (C=O) groups is 3. The lowest BCUT2D eigenvalue weighted by Crippen LogP contribution is -2.86. The third kappa shape index (κ3) is 9.04. The van der Waals surface area contributed by atoms with Crippen molar-refractivity contribution in [3.63, 3.8) is 0 Å². The molecular weight excluding hydrogens is 847 g/mol. The number of halogens is 2. The van der Waals surface area contributed by atoms with E-state index in [9.17, 15) is 14.4 Å². The molecule has 14 nitrogen and oxygen atoms in total. The van der Waals surface area contributed by atoms with Gasteiger partial charge in [-0.05, 0) is 77.6 Å². The van der Waals surface area contributed by atoms with Crippen LogP contribution in [0.15, 0.2) is 96.1 Å². The number of methoxy groups -OCH3 is 2. The summed E-state index contributed by atoms with van der Waals surface area (Å²) in [7, 11) is 2.57. The molecule has 4 aromatic carbocycles. The highest BCUT2D eigenvalue weighted by molar-refractivity contribution is 5.93. The van der Waals surface area contributed by atoms with Gasteiger partial charge in [0.15, 0.2) is 5.69 Å². The molecule has 8 rings (SSSR count). The smallest absolute Gasteiger partial charge is 0.407 e. The minimum absolute atomic E-state index is 0.0629. The first-order valence-corrected chi connectivity index (χ1v) is 22.3. The second kappa shape index (κ2) is 18.8. The third-order valence-electron chi connectivity index (χ3n) is 13.0. The number of likely N-dealkylation sites (tertiary alicyclic amines) is 1. The standard InChI is InChI=1S/C50H56F2N8O6/c1-28(2)42(58-45(61)43(29(3)4)59-48(63)65-7)44-53-25-40(54-44)33-15-18-35-34-17-14-31(22-36(34)50(51,52)37(35)23-33)32-16-19-38-39(24-32)56-46(55-38)49(5)20-11-21-60(49)27-66-26-41(57-47(62)64-6)30-12-9-8-10-13-30/h8-10,12-19,22-25,28-29,41-43H,11,20-21,26-27H2,1-7H3,(H,53,54)(H,55,56)(H,57,62)(H,58,61)(H,59,63)/p+1. The van der Waals surface area contributed by atoms with E-state index in [0.29, 0.717) is 40.5 Å². The molecule has 2 aliphatic heterocycles. The number of ether oxygens (including phenoxy) is 3. The Morgan fingerprint density at radius 1 is 0.833 bits per heavy atom. The van der Waals surface area contributed by atoms with Gasteiger partial charge in [-0.15, -0.1) is 0 Å². The normalized spacial score (nSPS) is 18.5. The largest absolute Gasteiger partial charge is 0.453 e. The molecule has 3 amide bonds. The van der Waals surface area contributed by atoms with Crippen LogP contribution in [-0.4, -0.2) is 84.5 Å². The molecule has 16 heteroatoms. The molecule has 3 heterocycles. The Bertz CT molecular complexity index is 2650. The number of alkyl halides is 2. The number of rotatable bonds is 15. The van der Waals surface area contributed by atoms with Crippen molar-refractivity contribution < 1.29 is 42.7 Å². The number of nitrogens with two attached hydrogens (primary N) is 1. The van der Waals surface area contributed by atoms with E-state index in [1.54, 1.807) is 30.5 Å². The van der Waals surface area contributed by atoms with Gasteiger partial charge in [0.05, 0.1) is 44.8 Å². The summed E-state index contributed by atoms with van der Waals surface area (Å²) < 4.78 is 49.0. The topological polar surface area (TPSA) is 176 Å². The maximum absolute atomic E-state index is 16.6. The summed E-state index contributed by atoms with van der Waals surface area (Å²) in [5, 5.41) is 10.5. The molecule has 4 unspecified atom stereocenters. The van der Waals surface area contributed by atoms with Crippen LogP contribution in [0.5, 0.6) is 0 Å². The first kappa shape index (κ1) is 46.1. The predicted octanol–water partition coefficient (Wildman–Crippen LogP) is 8.22. The Kier molecular flexibility index (Phi) is 13.1. The number of aliphatic imine (C=N–C) groups is 1. The second-order valence-electron chi connectivity index (χ2n) is 18.0. The Labute approximate surface area is 382 Å². The molecule has 0 spiro atoms. The van der Waals surface area contributed by atoms with Crippen LogP contribution in [0.4, 0.5) is 29.7 Å². The SMILES string of the molecule is COC(=O)NC(COCN1CCCC1(C)C1=Nc2ccc(-c3ccc4c(c3)C(F)(F)c3cc(-c5cnc(C(NC(=O)C(NC(=O)OC)C(C)C)C(C)C)[nH]5)ccc3-4)cc2[NH2+]1)c1ccccc1. The zero-order valence-electron chi connectivity index (χ0n) is 38.2. The van der Waals surface area contributed by atoms with Crippen LogP contribution in [0, 0.1) is 11.8 Å². The maximum atomic E-state index is 16.6. The minimum Gasteiger partial charge on any atom is -0.453 e. The molecule has 1 saturated heterocycles. The van der Waals surface area contributed by atoms with E-state index in [2.05, 4.69) is 43.1 Å². The number of carbonyl (C=O) groups excluding carboxylic acids is 3. The van der Waals surface area contributed by atoms with Gasteiger partial charge in [0.2, 0.25) is 11.7 Å². The monoisotopic (exact) mass is 903 g/mol.